The Bertz CT molecular complexity index is 141. The van der Waals surface area contributed by atoms with E-state index < -0.39 is 0 Å². The molecule has 0 aliphatic heterocycles. The van der Waals surface area contributed by atoms with Gasteiger partial charge in [-0.1, -0.05) is 19.1 Å². The van der Waals surface area contributed by atoms with Crippen LogP contribution in [0, 0.1) is 0 Å². The molecule has 2 N–H and O–H groups in total. The molecule has 0 saturated heterocycles. The number of nitrogens with one attached hydrogen (secondary N) is 1. The number of hydrogen-bond donors (Lipinski definition) is 2. The summed E-state index contributed by atoms with van der Waals surface area (Å²) in [6, 6.07) is 0.772. The van der Waals surface area contributed by atoms with Gasteiger partial charge in [-0.15, -0.1) is 0 Å². The zero-order valence-corrected chi connectivity index (χ0v) is 7.79. The monoisotopic (exact) mass is 169 g/mol. The van der Waals surface area contributed by atoms with Gasteiger partial charge in [-0.05, 0) is 25.7 Å². The molecule has 12 heavy (non-hydrogen) atoms. The molecular formula is C10H19NO. The highest BCUT2D eigenvalue weighted by Gasteiger charge is 2.11. The van der Waals surface area contributed by atoms with Crippen molar-refractivity contribution < 1.29 is 5.11 Å². The summed E-state index contributed by atoms with van der Waals surface area (Å²) in [4.78, 5) is 0. The first-order valence-electron chi connectivity index (χ1n) is 4.90. The summed E-state index contributed by atoms with van der Waals surface area (Å²) in [5, 5.41) is 12.4. The highest BCUT2D eigenvalue weighted by atomic mass is 16.3. The van der Waals surface area contributed by atoms with Crippen LogP contribution < -0.4 is 5.32 Å². The molecule has 0 aromatic rings. The van der Waals surface area contributed by atoms with Gasteiger partial charge in [0.2, 0.25) is 0 Å². The summed E-state index contributed by atoms with van der Waals surface area (Å²) in [6.45, 7) is 2.35. The van der Waals surface area contributed by atoms with E-state index in [9.17, 15) is 0 Å². The van der Waals surface area contributed by atoms with Crippen LogP contribution in [0.4, 0.5) is 0 Å². The van der Waals surface area contributed by atoms with E-state index in [4.69, 9.17) is 5.11 Å². The molecule has 2 heteroatoms. The lowest BCUT2D eigenvalue weighted by molar-refractivity contribution is 0.230. The second-order valence-corrected chi connectivity index (χ2v) is 3.42. The maximum absolute atomic E-state index is 8.97. The summed E-state index contributed by atoms with van der Waals surface area (Å²) in [6.07, 6.45) is 9.16. The van der Waals surface area contributed by atoms with Crippen molar-refractivity contribution in [3.63, 3.8) is 0 Å². The first kappa shape index (κ1) is 9.75. The van der Waals surface area contributed by atoms with Gasteiger partial charge in [0.05, 0.1) is 6.61 Å². The molecule has 1 aliphatic carbocycles. The molecule has 1 aliphatic rings. The van der Waals surface area contributed by atoms with Crippen molar-refractivity contribution >= 4 is 0 Å². The van der Waals surface area contributed by atoms with Crippen LogP contribution in [0.15, 0.2) is 12.2 Å². The second kappa shape index (κ2) is 5.33. The van der Waals surface area contributed by atoms with Gasteiger partial charge in [-0.2, -0.15) is 0 Å². The number of rotatable bonds is 4. The average molecular weight is 169 g/mol. The molecule has 0 heterocycles. The third-order valence-corrected chi connectivity index (χ3v) is 2.42. The van der Waals surface area contributed by atoms with E-state index in [0.717, 1.165) is 6.42 Å². The Hall–Kier alpha value is -0.340. The fraction of sp³-hybridized carbons (Fsp3) is 0.800. The molecule has 0 amide bonds. The average Bonchev–Trinajstić information content (AvgIpc) is 2.16. The van der Waals surface area contributed by atoms with Gasteiger partial charge in [0.25, 0.3) is 0 Å². The van der Waals surface area contributed by atoms with Gasteiger partial charge in [-0.25, -0.2) is 0 Å². The van der Waals surface area contributed by atoms with Crippen molar-refractivity contribution in [1.29, 1.82) is 0 Å². The molecule has 0 bridgehead atoms. The molecule has 0 aromatic heterocycles. The highest BCUT2D eigenvalue weighted by molar-refractivity contribution is 4.98. The maximum atomic E-state index is 8.97. The van der Waals surface area contributed by atoms with Gasteiger partial charge in [0, 0.05) is 12.1 Å². The van der Waals surface area contributed by atoms with Gasteiger partial charge >= 0.3 is 0 Å². The largest absolute Gasteiger partial charge is 0.395 e. The SMILES string of the molecule is CCC(CO)NC1C=CCCC1. The Morgan fingerprint density at radius 1 is 1.67 bits per heavy atom. The Morgan fingerprint density at radius 3 is 3.00 bits per heavy atom. The van der Waals surface area contributed by atoms with Crippen LogP contribution in [0.5, 0.6) is 0 Å². The Morgan fingerprint density at radius 2 is 2.50 bits per heavy atom. The Labute approximate surface area is 74.7 Å². The molecule has 2 unspecified atom stereocenters. The number of aliphatic hydroxyl groups is 1. The predicted octanol–water partition coefficient (Wildman–Crippen LogP) is 1.46. The van der Waals surface area contributed by atoms with E-state index in [-0.39, 0.29) is 12.6 Å². The standard InChI is InChI=1S/C10H19NO/c1-2-9(8-12)11-10-6-4-3-5-7-10/h4,6,9-12H,2-3,5,7-8H2,1H3. The number of hydrogen-bond acceptors (Lipinski definition) is 2. The molecule has 0 saturated carbocycles. The highest BCUT2D eigenvalue weighted by Crippen LogP contribution is 2.11. The van der Waals surface area contributed by atoms with Crippen LogP contribution in [0.25, 0.3) is 0 Å². The summed E-state index contributed by atoms with van der Waals surface area (Å²) < 4.78 is 0. The second-order valence-electron chi connectivity index (χ2n) is 3.42. The van der Waals surface area contributed by atoms with Gasteiger partial charge in [0.1, 0.15) is 0 Å². The smallest absolute Gasteiger partial charge is 0.0584 e. The van der Waals surface area contributed by atoms with E-state index in [0.29, 0.717) is 6.04 Å². The minimum Gasteiger partial charge on any atom is -0.395 e. The van der Waals surface area contributed by atoms with Crippen LogP contribution in [0.3, 0.4) is 0 Å². The topological polar surface area (TPSA) is 32.3 Å². The summed E-state index contributed by atoms with van der Waals surface area (Å²) >= 11 is 0. The van der Waals surface area contributed by atoms with E-state index in [2.05, 4.69) is 24.4 Å². The third-order valence-electron chi connectivity index (χ3n) is 2.42. The number of aliphatic hydroxyl groups excluding tert-OH is 1. The third kappa shape index (κ3) is 2.95. The zero-order valence-electron chi connectivity index (χ0n) is 7.79. The molecule has 0 aromatic carbocycles. The van der Waals surface area contributed by atoms with Gasteiger partial charge in [-0.3, -0.25) is 0 Å². The van der Waals surface area contributed by atoms with Crippen molar-refractivity contribution in [2.45, 2.75) is 44.7 Å². The summed E-state index contributed by atoms with van der Waals surface area (Å²) in [7, 11) is 0. The normalized spacial score (nSPS) is 25.7. The van der Waals surface area contributed by atoms with Crippen molar-refractivity contribution in [3.8, 4) is 0 Å². The van der Waals surface area contributed by atoms with Gasteiger partial charge < -0.3 is 10.4 Å². The fourth-order valence-corrected chi connectivity index (χ4v) is 1.55. The lowest BCUT2D eigenvalue weighted by Crippen LogP contribution is -2.39. The first-order chi connectivity index (χ1) is 5.86. The van der Waals surface area contributed by atoms with Crippen LogP contribution >= 0.6 is 0 Å². The minimum absolute atomic E-state index is 0.251. The Kier molecular flexibility index (Phi) is 4.33. The molecule has 0 fully saturated rings. The Balaban J connectivity index is 2.28. The quantitative estimate of drug-likeness (QED) is 0.624. The lowest BCUT2D eigenvalue weighted by atomic mass is 10.0. The maximum Gasteiger partial charge on any atom is 0.0584 e. The summed E-state index contributed by atoms with van der Waals surface area (Å²) in [5.74, 6) is 0. The van der Waals surface area contributed by atoms with E-state index in [1.54, 1.807) is 0 Å². The first-order valence-corrected chi connectivity index (χ1v) is 4.90. The van der Waals surface area contributed by atoms with E-state index in [1.807, 2.05) is 0 Å². The fourth-order valence-electron chi connectivity index (χ4n) is 1.55. The molecular weight excluding hydrogens is 150 g/mol. The van der Waals surface area contributed by atoms with Crippen LogP contribution in [-0.2, 0) is 0 Å². The molecule has 70 valence electrons. The van der Waals surface area contributed by atoms with Crippen molar-refractivity contribution in [2.75, 3.05) is 6.61 Å². The lowest BCUT2D eigenvalue weighted by Gasteiger charge is -2.23. The zero-order chi connectivity index (χ0) is 8.81. The molecule has 0 spiro atoms. The van der Waals surface area contributed by atoms with Crippen molar-refractivity contribution in [1.82, 2.24) is 5.32 Å². The van der Waals surface area contributed by atoms with E-state index >= 15 is 0 Å². The molecule has 2 atom stereocenters. The molecule has 2 nitrogen and oxygen atoms in total. The molecule has 1 rings (SSSR count). The van der Waals surface area contributed by atoms with Crippen molar-refractivity contribution in [2.24, 2.45) is 0 Å². The van der Waals surface area contributed by atoms with Crippen LogP contribution in [0.2, 0.25) is 0 Å². The summed E-state index contributed by atoms with van der Waals surface area (Å²) in [5.41, 5.74) is 0. The number of allylic oxidation sites excluding steroid dienone is 1. The predicted molar refractivity (Wildman–Crippen MR) is 51.1 cm³/mol. The van der Waals surface area contributed by atoms with Crippen LogP contribution in [-0.4, -0.2) is 23.8 Å². The van der Waals surface area contributed by atoms with Crippen LogP contribution in [0.1, 0.15) is 32.6 Å². The van der Waals surface area contributed by atoms with E-state index in [1.165, 1.54) is 19.3 Å². The minimum atomic E-state index is 0.251. The van der Waals surface area contributed by atoms with Gasteiger partial charge in [0.15, 0.2) is 0 Å². The van der Waals surface area contributed by atoms with Crippen molar-refractivity contribution in [3.05, 3.63) is 12.2 Å². The molecule has 0 radical (unpaired) electrons.